The van der Waals surface area contributed by atoms with Crippen molar-refractivity contribution in [1.29, 1.82) is 0 Å². The number of rotatable bonds is 3. The number of nitrogens with two attached hydrogens (primary N) is 1. The minimum Gasteiger partial charge on any atom is -0.480 e. The summed E-state index contributed by atoms with van der Waals surface area (Å²) in [5.74, 6) is -0.961. The molecular formula is C7H8BrNO2S. The Balaban J connectivity index is 2.58. The summed E-state index contributed by atoms with van der Waals surface area (Å²) in [7, 11) is 0. The molecule has 66 valence electrons. The highest BCUT2D eigenvalue weighted by atomic mass is 79.9. The van der Waals surface area contributed by atoms with Gasteiger partial charge in [0.1, 0.15) is 6.04 Å². The van der Waals surface area contributed by atoms with E-state index < -0.39 is 12.0 Å². The molecule has 0 saturated heterocycles. The van der Waals surface area contributed by atoms with E-state index in [0.29, 0.717) is 6.42 Å². The molecule has 0 spiro atoms. The Hall–Kier alpha value is -0.390. The second-order valence-corrected chi connectivity index (χ2v) is 4.70. The predicted molar refractivity (Wildman–Crippen MR) is 51.3 cm³/mol. The van der Waals surface area contributed by atoms with Crippen LogP contribution >= 0.6 is 27.3 Å². The van der Waals surface area contributed by atoms with Gasteiger partial charge in [-0.25, -0.2) is 0 Å². The molecule has 0 aliphatic heterocycles. The Labute approximate surface area is 82.3 Å². The van der Waals surface area contributed by atoms with Gasteiger partial charge in [-0.3, -0.25) is 4.79 Å². The second kappa shape index (κ2) is 4.02. The fourth-order valence-electron chi connectivity index (χ4n) is 0.794. The summed E-state index contributed by atoms with van der Waals surface area (Å²) in [4.78, 5) is 10.4. The molecule has 0 bridgehead atoms. The largest absolute Gasteiger partial charge is 0.480 e. The van der Waals surface area contributed by atoms with E-state index in [4.69, 9.17) is 10.8 Å². The monoisotopic (exact) mass is 249 g/mol. The Bertz CT molecular complexity index is 287. The van der Waals surface area contributed by atoms with Crippen molar-refractivity contribution in [3.8, 4) is 0 Å². The van der Waals surface area contributed by atoms with E-state index in [9.17, 15) is 4.79 Å². The predicted octanol–water partition coefficient (Wildman–Crippen LogP) is 1.47. The number of carbonyl (C=O) groups is 1. The zero-order valence-electron chi connectivity index (χ0n) is 6.16. The maximum atomic E-state index is 10.4. The molecule has 0 saturated carbocycles. The molecule has 0 fully saturated rings. The van der Waals surface area contributed by atoms with Gasteiger partial charge in [0.2, 0.25) is 0 Å². The number of thiophene rings is 1. The molecule has 1 unspecified atom stereocenters. The second-order valence-electron chi connectivity index (χ2n) is 2.41. The molecule has 5 heteroatoms. The molecule has 0 aliphatic carbocycles. The van der Waals surface area contributed by atoms with Crippen molar-refractivity contribution in [3.63, 3.8) is 0 Å². The number of halogens is 1. The third-order valence-corrected chi connectivity index (χ3v) is 2.95. The zero-order valence-corrected chi connectivity index (χ0v) is 8.56. The molecule has 1 aromatic heterocycles. The van der Waals surface area contributed by atoms with Crippen LogP contribution in [0.4, 0.5) is 0 Å². The summed E-state index contributed by atoms with van der Waals surface area (Å²) in [5, 5.41) is 10.4. The van der Waals surface area contributed by atoms with E-state index in [0.717, 1.165) is 9.35 Å². The van der Waals surface area contributed by atoms with Crippen LogP contribution in [-0.4, -0.2) is 17.1 Å². The van der Waals surface area contributed by atoms with Crippen LogP contribution in [-0.2, 0) is 11.2 Å². The lowest BCUT2D eigenvalue weighted by atomic mass is 10.1. The Kier molecular flexibility index (Phi) is 3.25. The zero-order chi connectivity index (χ0) is 9.14. The lowest BCUT2D eigenvalue weighted by Gasteiger charge is -2.02. The van der Waals surface area contributed by atoms with Gasteiger partial charge in [0, 0.05) is 0 Å². The van der Waals surface area contributed by atoms with Crippen molar-refractivity contribution < 1.29 is 9.90 Å². The van der Waals surface area contributed by atoms with E-state index in [1.807, 2.05) is 11.4 Å². The maximum absolute atomic E-state index is 10.4. The highest BCUT2D eigenvalue weighted by Crippen LogP contribution is 2.21. The van der Waals surface area contributed by atoms with E-state index in [1.165, 1.54) is 11.3 Å². The fourth-order valence-corrected chi connectivity index (χ4v) is 2.02. The van der Waals surface area contributed by atoms with Gasteiger partial charge in [0.25, 0.3) is 0 Å². The molecule has 3 N–H and O–H groups in total. The number of hydrogen-bond donors (Lipinski definition) is 2. The van der Waals surface area contributed by atoms with Crippen LogP contribution < -0.4 is 5.73 Å². The lowest BCUT2D eigenvalue weighted by Crippen LogP contribution is -2.32. The number of aliphatic carboxylic acids is 1. The Morgan fingerprint density at radius 1 is 1.83 bits per heavy atom. The smallest absolute Gasteiger partial charge is 0.320 e. The Morgan fingerprint density at radius 2 is 2.50 bits per heavy atom. The molecule has 0 amide bonds. The highest BCUT2D eigenvalue weighted by molar-refractivity contribution is 9.11. The van der Waals surface area contributed by atoms with Gasteiger partial charge < -0.3 is 10.8 Å². The minimum atomic E-state index is -0.961. The normalized spacial score (nSPS) is 12.8. The summed E-state index contributed by atoms with van der Waals surface area (Å²) in [6.07, 6.45) is 0.386. The maximum Gasteiger partial charge on any atom is 0.320 e. The third-order valence-electron chi connectivity index (χ3n) is 1.39. The van der Waals surface area contributed by atoms with E-state index in [2.05, 4.69) is 15.9 Å². The van der Waals surface area contributed by atoms with Gasteiger partial charge in [-0.2, -0.15) is 0 Å². The van der Waals surface area contributed by atoms with E-state index >= 15 is 0 Å². The first-order valence-corrected chi connectivity index (χ1v) is 4.98. The first-order valence-electron chi connectivity index (χ1n) is 3.31. The quantitative estimate of drug-likeness (QED) is 0.853. The van der Waals surface area contributed by atoms with Crippen molar-refractivity contribution in [2.24, 2.45) is 5.73 Å². The highest BCUT2D eigenvalue weighted by Gasteiger charge is 2.12. The summed E-state index contributed by atoms with van der Waals surface area (Å²) in [6, 6.07) is 1.08. The van der Waals surface area contributed by atoms with Crippen LogP contribution in [0.2, 0.25) is 0 Å². The molecule has 0 aliphatic rings. The topological polar surface area (TPSA) is 63.3 Å². The summed E-state index contributed by atoms with van der Waals surface area (Å²) >= 11 is 4.82. The van der Waals surface area contributed by atoms with Gasteiger partial charge >= 0.3 is 5.97 Å². The summed E-state index contributed by atoms with van der Waals surface area (Å²) in [5.41, 5.74) is 6.31. The van der Waals surface area contributed by atoms with Gasteiger partial charge in [-0.05, 0) is 39.4 Å². The van der Waals surface area contributed by atoms with Crippen molar-refractivity contribution in [2.45, 2.75) is 12.5 Å². The molecule has 3 nitrogen and oxygen atoms in total. The van der Waals surface area contributed by atoms with Gasteiger partial charge in [0.05, 0.1) is 3.79 Å². The molecule has 12 heavy (non-hydrogen) atoms. The van der Waals surface area contributed by atoms with Crippen molar-refractivity contribution in [2.75, 3.05) is 0 Å². The minimum absolute atomic E-state index is 0.386. The molecule has 1 heterocycles. The van der Waals surface area contributed by atoms with Crippen molar-refractivity contribution in [3.05, 3.63) is 20.8 Å². The third kappa shape index (κ3) is 2.58. The molecule has 0 aromatic carbocycles. The molecular weight excluding hydrogens is 242 g/mol. The first-order chi connectivity index (χ1) is 5.59. The fraction of sp³-hybridized carbons (Fsp3) is 0.286. The number of carboxylic acid groups (broad SMARTS) is 1. The van der Waals surface area contributed by atoms with Crippen LogP contribution in [0.15, 0.2) is 15.2 Å². The Morgan fingerprint density at radius 3 is 2.92 bits per heavy atom. The van der Waals surface area contributed by atoms with Crippen molar-refractivity contribution in [1.82, 2.24) is 0 Å². The lowest BCUT2D eigenvalue weighted by molar-refractivity contribution is -0.138. The van der Waals surface area contributed by atoms with Crippen LogP contribution in [0, 0.1) is 0 Å². The van der Waals surface area contributed by atoms with Crippen LogP contribution in [0.5, 0.6) is 0 Å². The average Bonchev–Trinajstić information content (AvgIpc) is 2.35. The average molecular weight is 250 g/mol. The first kappa shape index (κ1) is 9.70. The summed E-state index contributed by atoms with van der Waals surface area (Å²) < 4.78 is 0.995. The number of hydrogen-bond acceptors (Lipinski definition) is 3. The molecule has 1 rings (SSSR count). The van der Waals surface area contributed by atoms with Gasteiger partial charge in [0.15, 0.2) is 0 Å². The van der Waals surface area contributed by atoms with Crippen LogP contribution in [0.3, 0.4) is 0 Å². The van der Waals surface area contributed by atoms with Crippen LogP contribution in [0.25, 0.3) is 0 Å². The van der Waals surface area contributed by atoms with E-state index in [1.54, 1.807) is 0 Å². The standard InChI is InChI=1S/C7H8BrNO2S/c8-6-2-4(3-12-6)1-5(9)7(10)11/h2-3,5H,1,9H2,(H,10,11). The number of carboxylic acids is 1. The SMILES string of the molecule is NC(Cc1csc(Br)c1)C(=O)O. The molecule has 1 aromatic rings. The molecule has 1 atom stereocenters. The molecule has 0 radical (unpaired) electrons. The van der Waals surface area contributed by atoms with Crippen LogP contribution in [0.1, 0.15) is 5.56 Å². The summed E-state index contributed by atoms with van der Waals surface area (Å²) in [6.45, 7) is 0. The van der Waals surface area contributed by atoms with Gasteiger partial charge in [-0.15, -0.1) is 11.3 Å². The van der Waals surface area contributed by atoms with Gasteiger partial charge in [-0.1, -0.05) is 0 Å². The van der Waals surface area contributed by atoms with Crippen molar-refractivity contribution >= 4 is 33.2 Å². The van der Waals surface area contributed by atoms with E-state index in [-0.39, 0.29) is 0 Å².